The van der Waals surface area contributed by atoms with E-state index in [2.05, 4.69) is 61.8 Å². The Morgan fingerprint density at radius 2 is 1.81 bits per heavy atom. The molecule has 0 aliphatic carbocycles. The van der Waals surface area contributed by atoms with E-state index in [0.717, 1.165) is 47.2 Å². The average molecular weight is 479 g/mol. The van der Waals surface area contributed by atoms with E-state index >= 15 is 0 Å². The number of nitrogens with one attached hydrogen (secondary N) is 1. The summed E-state index contributed by atoms with van der Waals surface area (Å²) in [6.07, 6.45) is 8.00. The summed E-state index contributed by atoms with van der Waals surface area (Å²) in [7, 11) is 0. The lowest BCUT2D eigenvalue weighted by molar-refractivity contribution is 0.727. The fraction of sp³-hybridized carbons (Fsp3) is 0.222. The van der Waals surface area contributed by atoms with Crippen LogP contribution in [0, 0.1) is 6.92 Å². The van der Waals surface area contributed by atoms with Crippen molar-refractivity contribution in [2.75, 3.05) is 0 Å². The molecule has 0 atom stereocenters. The number of aromatic nitrogens is 8. The van der Waals surface area contributed by atoms with Gasteiger partial charge in [0.25, 0.3) is 5.56 Å². The van der Waals surface area contributed by atoms with Gasteiger partial charge in [0, 0.05) is 29.9 Å². The Hall–Kier alpha value is -4.53. The summed E-state index contributed by atoms with van der Waals surface area (Å²) >= 11 is 0. The van der Waals surface area contributed by atoms with Crippen LogP contribution in [0.1, 0.15) is 42.4 Å². The van der Waals surface area contributed by atoms with Crippen molar-refractivity contribution in [3.63, 3.8) is 0 Å². The molecule has 0 aliphatic heterocycles. The van der Waals surface area contributed by atoms with Crippen molar-refractivity contribution in [1.29, 1.82) is 0 Å². The van der Waals surface area contributed by atoms with E-state index in [1.807, 2.05) is 31.2 Å². The lowest BCUT2D eigenvalue weighted by Crippen LogP contribution is -2.29. The molecule has 0 spiro atoms. The van der Waals surface area contributed by atoms with Gasteiger partial charge in [0.2, 0.25) is 5.82 Å². The van der Waals surface area contributed by atoms with Crippen molar-refractivity contribution in [2.24, 2.45) is 0 Å². The molecule has 0 amide bonds. The Bertz CT molecular complexity index is 1510. The van der Waals surface area contributed by atoms with Crippen LogP contribution in [-0.4, -0.2) is 40.1 Å². The van der Waals surface area contributed by atoms with E-state index < -0.39 is 0 Å². The zero-order valence-electron chi connectivity index (χ0n) is 20.2. The van der Waals surface area contributed by atoms with Gasteiger partial charge in [-0.25, -0.2) is 14.5 Å². The number of aryl methyl sites for hydroxylation is 2. The normalized spacial score (nSPS) is 11.1. The number of hydrogen-bond donors (Lipinski definition) is 1. The minimum absolute atomic E-state index is 0.0966. The fourth-order valence-electron chi connectivity index (χ4n) is 4.34. The standard InChI is InChI=1S/C27H26N8O/c1-3-4-9-24-23(27(36)35(18(2)30-24)25-17-28-14-15-29-25)16-19-10-12-20(13-11-19)21-7-5-6-8-22(21)26-31-33-34-32-26/h5-8,10-15,17H,3-4,9,16H2,1-2H3,(H,31,32,33,34). The highest BCUT2D eigenvalue weighted by Crippen LogP contribution is 2.30. The predicted octanol–water partition coefficient (Wildman–Crippen LogP) is 4.11. The van der Waals surface area contributed by atoms with Crippen molar-refractivity contribution >= 4 is 0 Å². The summed E-state index contributed by atoms with van der Waals surface area (Å²) in [5, 5.41) is 14.5. The molecule has 9 heteroatoms. The van der Waals surface area contributed by atoms with Gasteiger partial charge in [0.15, 0.2) is 5.82 Å². The number of nitrogens with zero attached hydrogens (tertiary/aromatic N) is 7. The minimum atomic E-state index is -0.0966. The first-order valence-electron chi connectivity index (χ1n) is 12.0. The van der Waals surface area contributed by atoms with Crippen LogP contribution in [0.5, 0.6) is 0 Å². The molecular weight excluding hydrogens is 452 g/mol. The van der Waals surface area contributed by atoms with Crippen LogP contribution < -0.4 is 5.56 Å². The SMILES string of the molecule is CCCCc1nc(C)n(-c2cnccn2)c(=O)c1Cc1ccc(-c2ccccc2-c2nn[nH]n2)cc1. The first-order valence-corrected chi connectivity index (χ1v) is 12.0. The van der Waals surface area contributed by atoms with Crippen LogP contribution >= 0.6 is 0 Å². The molecule has 0 saturated heterocycles. The first kappa shape index (κ1) is 23.2. The fourth-order valence-corrected chi connectivity index (χ4v) is 4.34. The molecule has 180 valence electrons. The predicted molar refractivity (Wildman–Crippen MR) is 137 cm³/mol. The maximum Gasteiger partial charge on any atom is 0.263 e. The van der Waals surface area contributed by atoms with Gasteiger partial charge in [0.1, 0.15) is 5.82 Å². The first-order chi connectivity index (χ1) is 17.7. The van der Waals surface area contributed by atoms with E-state index in [0.29, 0.717) is 29.5 Å². The minimum Gasteiger partial charge on any atom is -0.268 e. The third-order valence-corrected chi connectivity index (χ3v) is 6.13. The molecule has 0 fully saturated rings. The molecule has 1 N–H and O–H groups in total. The van der Waals surface area contributed by atoms with E-state index in [-0.39, 0.29) is 5.56 Å². The molecule has 3 aromatic heterocycles. The number of unbranched alkanes of at least 4 members (excludes halogenated alkanes) is 1. The van der Waals surface area contributed by atoms with Crippen LogP contribution in [0.4, 0.5) is 0 Å². The maximum atomic E-state index is 13.7. The van der Waals surface area contributed by atoms with Crippen LogP contribution in [0.2, 0.25) is 0 Å². The number of H-pyrrole nitrogens is 1. The Morgan fingerprint density at radius 3 is 2.50 bits per heavy atom. The lowest BCUT2D eigenvalue weighted by atomic mass is 9.96. The second-order valence-electron chi connectivity index (χ2n) is 8.55. The molecule has 0 aliphatic rings. The lowest BCUT2D eigenvalue weighted by Gasteiger charge is -2.15. The van der Waals surface area contributed by atoms with Crippen molar-refractivity contribution < 1.29 is 0 Å². The van der Waals surface area contributed by atoms with Crippen LogP contribution in [0.25, 0.3) is 28.3 Å². The second-order valence-corrected chi connectivity index (χ2v) is 8.55. The van der Waals surface area contributed by atoms with Crippen LogP contribution in [0.15, 0.2) is 71.9 Å². The van der Waals surface area contributed by atoms with Crippen molar-refractivity contribution in [2.45, 2.75) is 39.5 Å². The monoisotopic (exact) mass is 478 g/mol. The summed E-state index contributed by atoms with van der Waals surface area (Å²) < 4.78 is 1.55. The number of tetrazole rings is 1. The quantitative estimate of drug-likeness (QED) is 0.357. The summed E-state index contributed by atoms with van der Waals surface area (Å²) in [6.45, 7) is 3.98. The van der Waals surface area contributed by atoms with Gasteiger partial charge >= 0.3 is 0 Å². The van der Waals surface area contributed by atoms with E-state index in [1.54, 1.807) is 23.2 Å². The van der Waals surface area contributed by atoms with Crippen molar-refractivity contribution in [3.05, 3.63) is 100 Å². The number of hydrogen-bond acceptors (Lipinski definition) is 7. The molecule has 5 aromatic rings. The highest BCUT2D eigenvalue weighted by Gasteiger charge is 2.17. The zero-order chi connectivity index (χ0) is 24.9. The molecule has 0 bridgehead atoms. The Balaban J connectivity index is 1.51. The van der Waals surface area contributed by atoms with Crippen LogP contribution in [0.3, 0.4) is 0 Å². The highest BCUT2D eigenvalue weighted by atomic mass is 16.1. The van der Waals surface area contributed by atoms with Crippen molar-refractivity contribution in [3.8, 4) is 28.3 Å². The molecule has 0 unspecified atom stereocenters. The van der Waals surface area contributed by atoms with Crippen LogP contribution in [-0.2, 0) is 12.8 Å². The van der Waals surface area contributed by atoms with E-state index in [4.69, 9.17) is 4.98 Å². The summed E-state index contributed by atoms with van der Waals surface area (Å²) in [5.74, 6) is 1.64. The molecular formula is C27H26N8O. The van der Waals surface area contributed by atoms with Gasteiger partial charge in [-0.2, -0.15) is 5.21 Å². The second kappa shape index (κ2) is 10.4. The molecule has 5 rings (SSSR count). The number of aromatic amines is 1. The van der Waals surface area contributed by atoms with Gasteiger partial charge in [-0.15, -0.1) is 10.2 Å². The number of benzene rings is 2. The Labute approximate surface area is 208 Å². The third-order valence-electron chi connectivity index (χ3n) is 6.13. The van der Waals surface area contributed by atoms with E-state index in [9.17, 15) is 4.79 Å². The zero-order valence-corrected chi connectivity index (χ0v) is 20.2. The van der Waals surface area contributed by atoms with Gasteiger partial charge in [-0.3, -0.25) is 9.78 Å². The molecule has 0 radical (unpaired) electrons. The third kappa shape index (κ3) is 4.68. The topological polar surface area (TPSA) is 115 Å². The largest absolute Gasteiger partial charge is 0.268 e. The van der Waals surface area contributed by atoms with Gasteiger partial charge in [0.05, 0.1) is 11.9 Å². The molecule has 36 heavy (non-hydrogen) atoms. The summed E-state index contributed by atoms with van der Waals surface area (Å²) in [5.41, 5.74) is 5.42. The highest BCUT2D eigenvalue weighted by molar-refractivity contribution is 5.80. The van der Waals surface area contributed by atoms with E-state index in [1.165, 1.54) is 0 Å². The molecule has 0 saturated carbocycles. The Morgan fingerprint density at radius 1 is 1.00 bits per heavy atom. The smallest absolute Gasteiger partial charge is 0.263 e. The summed E-state index contributed by atoms with van der Waals surface area (Å²) in [4.78, 5) is 27.0. The van der Waals surface area contributed by atoms with Gasteiger partial charge < -0.3 is 0 Å². The average Bonchev–Trinajstić information content (AvgIpc) is 3.45. The van der Waals surface area contributed by atoms with Gasteiger partial charge in [-0.05, 0) is 41.7 Å². The molecule has 3 heterocycles. The van der Waals surface area contributed by atoms with Crippen molar-refractivity contribution in [1.82, 2.24) is 40.1 Å². The van der Waals surface area contributed by atoms with Gasteiger partial charge in [-0.1, -0.05) is 61.9 Å². The summed E-state index contributed by atoms with van der Waals surface area (Å²) in [6, 6.07) is 16.2. The molecule has 2 aromatic carbocycles. The molecule has 9 nitrogen and oxygen atoms in total. The Kier molecular flexibility index (Phi) is 6.70. The number of rotatable bonds is 8. The maximum absolute atomic E-state index is 13.7.